The van der Waals surface area contributed by atoms with Crippen LogP contribution in [0.5, 0.6) is 0 Å². The lowest BCUT2D eigenvalue weighted by atomic mass is 10.2. The van der Waals surface area contributed by atoms with Gasteiger partial charge in [0.2, 0.25) is 0 Å². The van der Waals surface area contributed by atoms with Crippen LogP contribution < -0.4 is 22.5 Å². The van der Waals surface area contributed by atoms with Gasteiger partial charge < -0.3 is 9.13 Å². The maximum atomic E-state index is 11.5. The van der Waals surface area contributed by atoms with E-state index in [9.17, 15) is 19.2 Å². The standard InChI is InChI=1S/2C10H16N2O2/c2*1-4-5-6-8-7-9(13)12(3)10(14)11(8)2/h2*7H,4-6H2,1-3H3. The lowest BCUT2D eigenvalue weighted by Crippen LogP contribution is -2.38. The van der Waals surface area contributed by atoms with Crippen molar-refractivity contribution in [1.29, 1.82) is 0 Å². The summed E-state index contributed by atoms with van der Waals surface area (Å²) in [6, 6.07) is 3.08. The van der Waals surface area contributed by atoms with E-state index in [4.69, 9.17) is 0 Å². The van der Waals surface area contributed by atoms with Crippen LogP contribution in [0, 0.1) is 0 Å². The predicted octanol–water partition coefficient (Wildman–Crippen LogP) is 0.853. The van der Waals surface area contributed by atoms with E-state index in [1.54, 1.807) is 14.1 Å². The third-order valence-corrected chi connectivity index (χ3v) is 4.82. The number of aryl methyl sites for hydroxylation is 2. The fourth-order valence-corrected chi connectivity index (χ4v) is 2.75. The van der Waals surface area contributed by atoms with Crippen molar-refractivity contribution >= 4 is 0 Å². The average Bonchev–Trinajstić information content (AvgIpc) is 2.68. The lowest BCUT2D eigenvalue weighted by molar-refractivity contribution is 0.632. The van der Waals surface area contributed by atoms with Crippen LogP contribution in [0.2, 0.25) is 0 Å². The SMILES string of the molecule is CCCCc1cc(=O)n(C)c(=O)n1C.CCCCc1cc(=O)n(C)c(=O)n1C. The van der Waals surface area contributed by atoms with Gasteiger partial charge >= 0.3 is 11.4 Å². The number of nitrogens with zero attached hydrogens (tertiary/aromatic N) is 4. The summed E-state index contributed by atoms with van der Waals surface area (Å²) in [6.07, 6.45) is 5.70. The van der Waals surface area contributed by atoms with Gasteiger partial charge in [-0.3, -0.25) is 18.7 Å². The van der Waals surface area contributed by atoms with Crippen LogP contribution >= 0.6 is 0 Å². The zero-order valence-corrected chi connectivity index (χ0v) is 17.8. The molecule has 156 valence electrons. The van der Waals surface area contributed by atoms with E-state index in [1.807, 2.05) is 0 Å². The molecule has 0 aliphatic rings. The third-order valence-electron chi connectivity index (χ3n) is 4.82. The van der Waals surface area contributed by atoms with Crippen molar-refractivity contribution in [3.63, 3.8) is 0 Å². The van der Waals surface area contributed by atoms with Crippen molar-refractivity contribution in [2.24, 2.45) is 28.2 Å². The largest absolute Gasteiger partial charge is 0.330 e. The Morgan fingerprint density at radius 1 is 0.607 bits per heavy atom. The van der Waals surface area contributed by atoms with Crippen molar-refractivity contribution in [1.82, 2.24) is 18.3 Å². The van der Waals surface area contributed by atoms with E-state index in [1.165, 1.54) is 35.4 Å². The van der Waals surface area contributed by atoms with Crippen LogP contribution in [0.3, 0.4) is 0 Å². The predicted molar refractivity (Wildman–Crippen MR) is 111 cm³/mol. The molecule has 8 nitrogen and oxygen atoms in total. The fourth-order valence-electron chi connectivity index (χ4n) is 2.75. The van der Waals surface area contributed by atoms with Crippen molar-refractivity contribution < 1.29 is 0 Å². The normalized spacial score (nSPS) is 10.5. The molecule has 0 aromatic carbocycles. The summed E-state index contributed by atoms with van der Waals surface area (Å²) in [6.45, 7) is 4.16. The minimum atomic E-state index is -0.247. The summed E-state index contributed by atoms with van der Waals surface area (Å²) in [5, 5.41) is 0. The molecule has 2 aromatic heterocycles. The van der Waals surface area contributed by atoms with Gasteiger partial charge in [-0.25, -0.2) is 9.59 Å². The Morgan fingerprint density at radius 2 is 0.929 bits per heavy atom. The summed E-state index contributed by atoms with van der Waals surface area (Å²) in [4.78, 5) is 45.6. The molecule has 8 heteroatoms. The number of hydrogen-bond acceptors (Lipinski definition) is 4. The van der Waals surface area contributed by atoms with Crippen molar-refractivity contribution in [3.8, 4) is 0 Å². The first kappa shape index (κ1) is 23.4. The molecule has 2 aromatic rings. The molecular weight excluding hydrogens is 360 g/mol. The highest BCUT2D eigenvalue weighted by molar-refractivity contribution is 5.03. The maximum Gasteiger partial charge on any atom is 0.330 e. The van der Waals surface area contributed by atoms with Crippen LogP contribution in [-0.2, 0) is 41.0 Å². The second kappa shape index (κ2) is 10.6. The summed E-state index contributed by atoms with van der Waals surface area (Å²) in [5.74, 6) is 0. The molecule has 0 radical (unpaired) electrons. The number of rotatable bonds is 6. The Morgan fingerprint density at radius 3 is 1.21 bits per heavy atom. The smallest absolute Gasteiger partial charge is 0.301 e. The lowest BCUT2D eigenvalue weighted by Gasteiger charge is -2.08. The zero-order valence-electron chi connectivity index (χ0n) is 17.8. The van der Waals surface area contributed by atoms with Gasteiger partial charge in [-0.15, -0.1) is 0 Å². The van der Waals surface area contributed by atoms with Crippen LogP contribution in [0.25, 0.3) is 0 Å². The number of aromatic nitrogens is 4. The van der Waals surface area contributed by atoms with Crippen LogP contribution in [0.1, 0.15) is 50.9 Å². The van der Waals surface area contributed by atoms with E-state index in [-0.39, 0.29) is 22.5 Å². The molecule has 0 N–H and O–H groups in total. The van der Waals surface area contributed by atoms with E-state index >= 15 is 0 Å². The van der Waals surface area contributed by atoms with Crippen molar-refractivity contribution in [2.75, 3.05) is 0 Å². The molecule has 0 saturated carbocycles. The Hall–Kier alpha value is -2.64. The third kappa shape index (κ3) is 5.68. The summed E-state index contributed by atoms with van der Waals surface area (Å²) in [5.41, 5.74) is 0.700. The van der Waals surface area contributed by atoms with E-state index < -0.39 is 0 Å². The molecule has 0 amide bonds. The molecule has 0 aliphatic carbocycles. The Balaban J connectivity index is 0.000000280. The summed E-state index contributed by atoms with van der Waals surface area (Å²) in [7, 11) is 6.39. The highest BCUT2D eigenvalue weighted by Crippen LogP contribution is 1.99. The van der Waals surface area contributed by atoms with Gasteiger partial charge in [0, 0.05) is 51.7 Å². The van der Waals surface area contributed by atoms with Gasteiger partial charge in [0.05, 0.1) is 0 Å². The van der Waals surface area contributed by atoms with Crippen LogP contribution in [0.15, 0.2) is 31.3 Å². The minimum absolute atomic E-state index is 0.223. The zero-order chi connectivity index (χ0) is 21.4. The average molecular weight is 393 g/mol. The van der Waals surface area contributed by atoms with Gasteiger partial charge in [-0.05, 0) is 25.7 Å². The van der Waals surface area contributed by atoms with Gasteiger partial charge in [-0.1, -0.05) is 26.7 Å². The molecular formula is C20H32N4O4. The molecule has 0 aliphatic heterocycles. The maximum absolute atomic E-state index is 11.5. The van der Waals surface area contributed by atoms with Crippen LogP contribution in [-0.4, -0.2) is 18.3 Å². The molecule has 0 unspecified atom stereocenters. The number of hydrogen-bond donors (Lipinski definition) is 0. The van der Waals surface area contributed by atoms with E-state index in [0.717, 1.165) is 59.0 Å². The second-order valence-corrected chi connectivity index (χ2v) is 6.96. The summed E-state index contributed by atoms with van der Waals surface area (Å²) < 4.78 is 5.32. The topological polar surface area (TPSA) is 88.0 Å². The van der Waals surface area contributed by atoms with Gasteiger partial charge in [0.1, 0.15) is 0 Å². The molecule has 0 atom stereocenters. The highest BCUT2D eigenvalue weighted by Gasteiger charge is 2.05. The van der Waals surface area contributed by atoms with Gasteiger partial charge in [0.15, 0.2) is 0 Å². The minimum Gasteiger partial charge on any atom is -0.301 e. The molecule has 0 fully saturated rings. The Kier molecular flexibility index (Phi) is 8.88. The Bertz CT molecular complexity index is 941. The van der Waals surface area contributed by atoms with Gasteiger partial charge in [0.25, 0.3) is 11.1 Å². The molecule has 0 spiro atoms. The molecule has 2 heterocycles. The summed E-state index contributed by atoms with van der Waals surface area (Å²) >= 11 is 0. The van der Waals surface area contributed by atoms with Crippen molar-refractivity contribution in [2.45, 2.75) is 52.4 Å². The van der Waals surface area contributed by atoms with Gasteiger partial charge in [-0.2, -0.15) is 0 Å². The highest BCUT2D eigenvalue weighted by atomic mass is 16.2. The van der Waals surface area contributed by atoms with Crippen molar-refractivity contribution in [3.05, 3.63) is 65.2 Å². The first-order valence-electron chi connectivity index (χ1n) is 9.67. The fraction of sp³-hybridized carbons (Fsp3) is 0.600. The molecule has 0 saturated heterocycles. The first-order chi connectivity index (χ1) is 13.1. The molecule has 28 heavy (non-hydrogen) atoms. The second-order valence-electron chi connectivity index (χ2n) is 6.96. The van der Waals surface area contributed by atoms with Crippen LogP contribution in [0.4, 0.5) is 0 Å². The Labute approximate surface area is 164 Å². The van der Waals surface area contributed by atoms with E-state index in [2.05, 4.69) is 13.8 Å². The quantitative estimate of drug-likeness (QED) is 0.729. The monoisotopic (exact) mass is 392 g/mol. The molecule has 0 bridgehead atoms. The van der Waals surface area contributed by atoms with E-state index in [0.29, 0.717) is 0 Å². The number of unbranched alkanes of at least 4 members (excludes halogenated alkanes) is 2. The molecule has 2 rings (SSSR count). The first-order valence-corrected chi connectivity index (χ1v) is 9.67.